The number of aromatic nitrogens is 2. The molecule has 2 aromatic carbocycles. The van der Waals surface area contributed by atoms with E-state index in [1.807, 2.05) is 46.1 Å². The Morgan fingerprint density at radius 1 is 0.979 bits per heavy atom. The minimum atomic E-state index is -0.942. The minimum Gasteiger partial charge on any atom is -0.465 e. The first-order chi connectivity index (χ1) is 22.4. The number of carboxylic acid groups (broad SMARTS) is 1. The van der Waals surface area contributed by atoms with Crippen molar-refractivity contribution >= 4 is 40.5 Å². The number of nitrogens with one attached hydrogen (secondary N) is 2. The zero-order valence-corrected chi connectivity index (χ0v) is 28.6. The molecule has 266 valence electrons. The van der Waals surface area contributed by atoms with Crippen LogP contribution in [0.2, 0.25) is 0 Å². The highest BCUT2D eigenvalue weighted by atomic mass is 19.1. The van der Waals surface area contributed by atoms with Crippen LogP contribution in [0.1, 0.15) is 80.1 Å². The maximum Gasteiger partial charge on any atom is 0.407 e. The van der Waals surface area contributed by atoms with Gasteiger partial charge in [0.1, 0.15) is 22.9 Å². The molecular formula is C33H49F2N7O6. The van der Waals surface area contributed by atoms with Crippen LogP contribution in [0.5, 0.6) is 0 Å². The van der Waals surface area contributed by atoms with Crippen molar-refractivity contribution in [3.63, 3.8) is 0 Å². The maximum atomic E-state index is 13.2. The number of hydrogen-bond donors (Lipinski definition) is 4. The maximum absolute atomic E-state index is 13.2. The van der Waals surface area contributed by atoms with Crippen LogP contribution in [0.3, 0.4) is 0 Å². The number of nitrogens with zero attached hydrogens (tertiary/aromatic N) is 4. The van der Waals surface area contributed by atoms with Crippen molar-refractivity contribution < 1.29 is 33.1 Å². The summed E-state index contributed by atoms with van der Waals surface area (Å²) in [7, 11) is 0. The number of rotatable bonds is 14. The molecule has 13 nitrogen and oxygen atoms in total. The van der Waals surface area contributed by atoms with Crippen LogP contribution >= 0.6 is 0 Å². The van der Waals surface area contributed by atoms with Crippen molar-refractivity contribution in [1.29, 1.82) is 0 Å². The number of nitrogen functional groups attached to an aromatic ring is 1. The number of halogens is 2. The molecule has 0 bridgehead atoms. The fourth-order valence-electron chi connectivity index (χ4n) is 4.75. The number of unbranched alkanes of at least 4 members (excludes halogenated alkanes) is 4. The van der Waals surface area contributed by atoms with Gasteiger partial charge in [0.15, 0.2) is 0 Å². The molecule has 48 heavy (non-hydrogen) atoms. The SMILES string of the molecule is CC(C)(C)N(CCCCCNc1ccc(F)cc1[N+](=O)[O-])C(=O)O.CC(C)(C)OC(=O)NCCCCCn1c(N)nc2cc(F)ccc21. The standard InChI is InChI=1S/C17H25FN4O2.C16H24FN3O4/c1-17(2,3)24-16(23)20-9-5-4-6-10-22-14-8-7-12(18)11-13(14)21-15(22)19;1-16(2,3)19(15(21)22)10-6-4-5-9-18-13-8-7-12(17)11-14(13)20(23)24/h7-8,11H,4-6,9-10H2,1-3H3,(H2,19,21)(H,20,23);7-8,11,18H,4-6,9-10H2,1-3H3,(H,21,22). The molecule has 3 rings (SSSR count). The predicted octanol–water partition coefficient (Wildman–Crippen LogP) is 7.55. The number of alkyl carbamates (subject to hydrolysis) is 1. The Morgan fingerprint density at radius 3 is 2.23 bits per heavy atom. The molecule has 15 heteroatoms. The zero-order valence-electron chi connectivity index (χ0n) is 28.6. The number of fused-ring (bicyclic) bond motifs is 1. The third-order valence-electron chi connectivity index (χ3n) is 7.04. The van der Waals surface area contributed by atoms with Crippen LogP contribution in [-0.4, -0.2) is 67.4 Å². The Bertz CT molecular complexity index is 1520. The molecule has 0 aliphatic heterocycles. The van der Waals surface area contributed by atoms with Crippen LogP contribution < -0.4 is 16.4 Å². The molecule has 1 heterocycles. The number of nitrogens with two attached hydrogens (primary N) is 1. The van der Waals surface area contributed by atoms with Gasteiger partial charge in [0.05, 0.1) is 22.0 Å². The fraction of sp³-hybridized carbons (Fsp3) is 0.545. The summed E-state index contributed by atoms with van der Waals surface area (Å²) in [4.78, 5) is 38.5. The third kappa shape index (κ3) is 13.6. The van der Waals surface area contributed by atoms with Gasteiger partial charge in [0.2, 0.25) is 5.95 Å². The number of benzene rings is 2. The lowest BCUT2D eigenvalue weighted by Crippen LogP contribution is -2.45. The van der Waals surface area contributed by atoms with Gasteiger partial charge in [-0.25, -0.2) is 23.4 Å². The molecule has 3 aromatic rings. The Labute approximate surface area is 280 Å². The van der Waals surface area contributed by atoms with Gasteiger partial charge in [0.25, 0.3) is 5.69 Å². The lowest BCUT2D eigenvalue weighted by molar-refractivity contribution is -0.384. The van der Waals surface area contributed by atoms with E-state index in [1.165, 1.54) is 29.2 Å². The van der Waals surface area contributed by atoms with Gasteiger partial charge in [-0.05, 0) is 104 Å². The van der Waals surface area contributed by atoms with Crippen LogP contribution in [0.4, 0.5) is 35.7 Å². The van der Waals surface area contributed by atoms with E-state index in [0.29, 0.717) is 44.1 Å². The average Bonchev–Trinajstić information content (AvgIpc) is 3.26. The van der Waals surface area contributed by atoms with Crippen molar-refractivity contribution in [2.75, 3.05) is 30.7 Å². The molecule has 0 spiro atoms. The number of hydrogen-bond acceptors (Lipinski definition) is 8. The second-order valence-electron chi connectivity index (χ2n) is 13.3. The summed E-state index contributed by atoms with van der Waals surface area (Å²) in [5.74, 6) is -0.578. The first kappa shape index (κ1) is 39.5. The van der Waals surface area contributed by atoms with E-state index in [-0.39, 0.29) is 17.2 Å². The monoisotopic (exact) mass is 677 g/mol. The van der Waals surface area contributed by atoms with Gasteiger partial charge < -0.3 is 35.7 Å². The number of anilines is 2. The highest BCUT2D eigenvalue weighted by molar-refractivity contribution is 5.78. The van der Waals surface area contributed by atoms with Gasteiger partial charge in [-0.1, -0.05) is 0 Å². The van der Waals surface area contributed by atoms with Gasteiger partial charge in [0, 0.05) is 37.8 Å². The Balaban J connectivity index is 0.000000333. The number of nitro groups is 1. The third-order valence-corrected chi connectivity index (χ3v) is 7.04. The summed E-state index contributed by atoms with van der Waals surface area (Å²) < 4.78 is 33.3. The van der Waals surface area contributed by atoms with E-state index in [0.717, 1.165) is 43.7 Å². The summed E-state index contributed by atoms with van der Waals surface area (Å²) in [6.07, 6.45) is 3.54. The Hall–Kier alpha value is -4.69. The van der Waals surface area contributed by atoms with E-state index in [1.54, 1.807) is 6.07 Å². The molecule has 0 saturated heterocycles. The fourth-order valence-corrected chi connectivity index (χ4v) is 4.75. The van der Waals surface area contributed by atoms with Crippen molar-refractivity contribution in [2.24, 2.45) is 0 Å². The summed E-state index contributed by atoms with van der Waals surface area (Å²) in [5, 5.41) is 25.7. The van der Waals surface area contributed by atoms with Gasteiger partial charge in [-0.15, -0.1) is 0 Å². The molecule has 0 atom stereocenters. The largest absolute Gasteiger partial charge is 0.465 e. The molecule has 0 aliphatic rings. The van der Waals surface area contributed by atoms with Crippen molar-refractivity contribution in [2.45, 2.75) is 97.8 Å². The number of imidazole rings is 1. The number of nitro benzene ring substituents is 1. The summed E-state index contributed by atoms with van der Waals surface area (Å²) in [6.45, 7) is 13.2. The molecule has 0 fully saturated rings. The zero-order chi connectivity index (χ0) is 36.1. The first-order valence-electron chi connectivity index (χ1n) is 16.0. The molecule has 0 aliphatic carbocycles. The minimum absolute atomic E-state index is 0.281. The molecule has 0 unspecified atom stereocenters. The van der Waals surface area contributed by atoms with Crippen molar-refractivity contribution in [3.8, 4) is 0 Å². The molecule has 1 aromatic heterocycles. The number of carbonyl (C=O) groups is 2. The van der Waals surface area contributed by atoms with Crippen molar-refractivity contribution in [1.82, 2.24) is 19.8 Å². The van der Waals surface area contributed by atoms with E-state index < -0.39 is 34.1 Å². The number of aryl methyl sites for hydroxylation is 1. The quantitative estimate of drug-likeness (QED) is 0.0762. The molecule has 2 amide bonds. The van der Waals surface area contributed by atoms with Gasteiger partial charge in [-0.3, -0.25) is 10.1 Å². The van der Waals surface area contributed by atoms with E-state index in [9.17, 15) is 33.6 Å². The number of carbonyl (C=O) groups excluding carboxylic acids is 1. The summed E-state index contributed by atoms with van der Waals surface area (Å²) in [6, 6.07) is 7.88. The molecule has 0 radical (unpaired) electrons. The summed E-state index contributed by atoms with van der Waals surface area (Å²) in [5.41, 5.74) is 6.36. The lowest BCUT2D eigenvalue weighted by atomic mass is 10.1. The highest BCUT2D eigenvalue weighted by Gasteiger charge is 2.25. The summed E-state index contributed by atoms with van der Waals surface area (Å²) >= 11 is 0. The normalized spacial score (nSPS) is 11.4. The molecular weight excluding hydrogens is 628 g/mol. The number of ether oxygens (including phenoxy) is 1. The number of amides is 2. The second-order valence-corrected chi connectivity index (χ2v) is 13.3. The van der Waals surface area contributed by atoms with Gasteiger partial charge >= 0.3 is 12.2 Å². The first-order valence-corrected chi connectivity index (χ1v) is 16.0. The average molecular weight is 678 g/mol. The van der Waals surface area contributed by atoms with E-state index in [2.05, 4.69) is 15.6 Å². The highest BCUT2D eigenvalue weighted by Crippen LogP contribution is 2.25. The van der Waals surface area contributed by atoms with E-state index >= 15 is 0 Å². The van der Waals surface area contributed by atoms with Crippen LogP contribution in [0, 0.1) is 21.7 Å². The van der Waals surface area contributed by atoms with Crippen LogP contribution in [0.25, 0.3) is 11.0 Å². The Morgan fingerprint density at radius 2 is 1.60 bits per heavy atom. The van der Waals surface area contributed by atoms with Crippen LogP contribution in [0.15, 0.2) is 36.4 Å². The Kier molecular flexibility index (Phi) is 14.8. The smallest absolute Gasteiger partial charge is 0.407 e. The van der Waals surface area contributed by atoms with E-state index in [4.69, 9.17) is 10.5 Å². The van der Waals surface area contributed by atoms with Gasteiger partial charge in [-0.2, -0.15) is 0 Å². The molecule has 0 saturated carbocycles. The topological polar surface area (TPSA) is 178 Å². The second kappa shape index (κ2) is 18.0. The predicted molar refractivity (Wildman–Crippen MR) is 182 cm³/mol. The van der Waals surface area contributed by atoms with Crippen LogP contribution in [-0.2, 0) is 11.3 Å². The molecule has 5 N–H and O–H groups in total. The van der Waals surface area contributed by atoms with Crippen molar-refractivity contribution in [3.05, 3.63) is 58.1 Å². The lowest BCUT2D eigenvalue weighted by Gasteiger charge is -2.33.